The molecule has 1 aliphatic carbocycles. The number of hydrogen-bond donors (Lipinski definition) is 0. The van der Waals surface area contributed by atoms with E-state index in [0.717, 1.165) is 11.1 Å². The van der Waals surface area contributed by atoms with Crippen LogP contribution < -0.4 is 0 Å². The Kier molecular flexibility index (Phi) is 2.89. The van der Waals surface area contributed by atoms with Crippen LogP contribution in [0.4, 0.5) is 13.2 Å². The number of benzene rings is 2. The maximum Gasteiger partial charge on any atom is 0.399 e. The van der Waals surface area contributed by atoms with Gasteiger partial charge in [0.25, 0.3) is 0 Å². The predicted octanol–water partition coefficient (Wildman–Crippen LogP) is 4.98. The molecule has 1 fully saturated rings. The van der Waals surface area contributed by atoms with E-state index in [9.17, 15) is 13.2 Å². The number of aryl methyl sites for hydroxylation is 1. The van der Waals surface area contributed by atoms with E-state index in [4.69, 9.17) is 0 Å². The lowest BCUT2D eigenvalue weighted by Gasteiger charge is -2.22. The summed E-state index contributed by atoms with van der Waals surface area (Å²) in [4.78, 5) is 0. The van der Waals surface area contributed by atoms with Crippen LogP contribution in [0.15, 0.2) is 54.6 Å². The van der Waals surface area contributed by atoms with Crippen LogP contribution in [-0.4, -0.2) is 6.18 Å². The molecule has 0 bridgehead atoms. The molecule has 2 aromatic rings. The average Bonchev–Trinajstić information content (AvgIpc) is 3.17. The molecule has 0 aliphatic heterocycles. The van der Waals surface area contributed by atoms with Crippen LogP contribution in [0.25, 0.3) is 0 Å². The number of hydrogen-bond acceptors (Lipinski definition) is 0. The SMILES string of the molecule is Cc1ccc([C@@]2(C(F)(F)F)C[C@H]2c2ccccc2)cc1. The lowest BCUT2D eigenvalue weighted by Crippen LogP contribution is -2.30. The molecule has 3 heteroatoms. The topological polar surface area (TPSA) is 0 Å². The summed E-state index contributed by atoms with van der Waals surface area (Å²) in [6, 6.07) is 15.7. The highest BCUT2D eigenvalue weighted by Crippen LogP contribution is 2.68. The molecular formula is C17H15F3. The molecule has 0 N–H and O–H groups in total. The normalized spacial score (nSPS) is 25.5. The number of alkyl halides is 3. The van der Waals surface area contributed by atoms with Crippen LogP contribution in [0.3, 0.4) is 0 Å². The zero-order valence-electron chi connectivity index (χ0n) is 11.1. The van der Waals surface area contributed by atoms with Crippen molar-refractivity contribution in [2.75, 3.05) is 0 Å². The molecule has 0 saturated heterocycles. The summed E-state index contributed by atoms with van der Waals surface area (Å²) in [5, 5.41) is 0. The van der Waals surface area contributed by atoms with Crippen molar-refractivity contribution in [2.45, 2.75) is 30.9 Å². The highest BCUT2D eigenvalue weighted by Gasteiger charge is 2.71. The van der Waals surface area contributed by atoms with E-state index in [0.29, 0.717) is 5.56 Å². The molecule has 2 atom stereocenters. The first-order chi connectivity index (χ1) is 9.45. The monoisotopic (exact) mass is 276 g/mol. The molecule has 0 aromatic heterocycles. The summed E-state index contributed by atoms with van der Waals surface area (Å²) >= 11 is 0. The molecule has 0 radical (unpaired) electrons. The molecule has 1 aliphatic rings. The van der Waals surface area contributed by atoms with Crippen LogP contribution in [0.5, 0.6) is 0 Å². The molecule has 0 nitrogen and oxygen atoms in total. The maximum atomic E-state index is 13.6. The van der Waals surface area contributed by atoms with Gasteiger partial charge in [0.2, 0.25) is 0 Å². The van der Waals surface area contributed by atoms with Crippen molar-refractivity contribution in [2.24, 2.45) is 0 Å². The van der Waals surface area contributed by atoms with Crippen LogP contribution in [-0.2, 0) is 5.41 Å². The molecular weight excluding hydrogens is 261 g/mol. The molecule has 0 unspecified atom stereocenters. The molecule has 1 saturated carbocycles. The van der Waals surface area contributed by atoms with Crippen molar-refractivity contribution in [1.29, 1.82) is 0 Å². The Morgan fingerprint density at radius 1 is 0.950 bits per heavy atom. The van der Waals surface area contributed by atoms with Gasteiger partial charge in [-0.05, 0) is 24.5 Å². The van der Waals surface area contributed by atoms with E-state index in [1.54, 1.807) is 48.5 Å². The van der Waals surface area contributed by atoms with Crippen molar-refractivity contribution in [3.63, 3.8) is 0 Å². The average molecular weight is 276 g/mol. The Morgan fingerprint density at radius 3 is 2.10 bits per heavy atom. The summed E-state index contributed by atoms with van der Waals surface area (Å²) in [5.74, 6) is -0.466. The minimum absolute atomic E-state index is 0.142. The van der Waals surface area contributed by atoms with Gasteiger partial charge in [0.15, 0.2) is 0 Å². The number of rotatable bonds is 2. The lowest BCUT2D eigenvalue weighted by atomic mass is 9.89. The first-order valence-electron chi connectivity index (χ1n) is 6.64. The summed E-state index contributed by atoms with van der Waals surface area (Å²) in [7, 11) is 0. The van der Waals surface area contributed by atoms with Gasteiger partial charge in [-0.15, -0.1) is 0 Å². The summed E-state index contributed by atoms with van der Waals surface area (Å²) < 4.78 is 40.9. The quantitative estimate of drug-likeness (QED) is 0.725. The fourth-order valence-electron chi connectivity index (χ4n) is 3.00. The van der Waals surface area contributed by atoms with E-state index in [-0.39, 0.29) is 6.42 Å². The first kappa shape index (κ1) is 13.2. The molecule has 104 valence electrons. The Balaban J connectivity index is 2.04. The van der Waals surface area contributed by atoms with Gasteiger partial charge in [-0.1, -0.05) is 60.2 Å². The van der Waals surface area contributed by atoms with Crippen molar-refractivity contribution >= 4 is 0 Å². The second kappa shape index (κ2) is 4.37. The van der Waals surface area contributed by atoms with Crippen LogP contribution in [0.2, 0.25) is 0 Å². The van der Waals surface area contributed by atoms with E-state index < -0.39 is 17.5 Å². The zero-order chi connectivity index (χ0) is 14.4. The van der Waals surface area contributed by atoms with Crippen LogP contribution in [0, 0.1) is 6.92 Å². The fraction of sp³-hybridized carbons (Fsp3) is 0.294. The van der Waals surface area contributed by atoms with Gasteiger partial charge < -0.3 is 0 Å². The highest BCUT2D eigenvalue weighted by atomic mass is 19.4. The van der Waals surface area contributed by atoms with E-state index in [1.165, 1.54) is 0 Å². The number of halogens is 3. The third-order valence-corrected chi connectivity index (χ3v) is 4.24. The Bertz CT molecular complexity index is 598. The molecule has 0 spiro atoms. The van der Waals surface area contributed by atoms with Gasteiger partial charge in [-0.3, -0.25) is 0 Å². The first-order valence-corrected chi connectivity index (χ1v) is 6.64. The van der Waals surface area contributed by atoms with Gasteiger partial charge in [0.05, 0.1) is 5.41 Å². The third kappa shape index (κ3) is 1.92. The highest BCUT2D eigenvalue weighted by molar-refractivity contribution is 5.45. The van der Waals surface area contributed by atoms with Crippen molar-refractivity contribution in [3.05, 3.63) is 71.3 Å². The van der Waals surface area contributed by atoms with Crippen molar-refractivity contribution < 1.29 is 13.2 Å². The van der Waals surface area contributed by atoms with Crippen molar-refractivity contribution in [3.8, 4) is 0 Å². The third-order valence-electron chi connectivity index (χ3n) is 4.24. The van der Waals surface area contributed by atoms with Gasteiger partial charge in [-0.25, -0.2) is 0 Å². The summed E-state index contributed by atoms with van der Waals surface area (Å²) in [6.07, 6.45) is -4.08. The minimum Gasteiger partial charge on any atom is -0.170 e. The molecule has 20 heavy (non-hydrogen) atoms. The Hall–Kier alpha value is -1.77. The lowest BCUT2D eigenvalue weighted by molar-refractivity contribution is -0.162. The Morgan fingerprint density at radius 2 is 1.55 bits per heavy atom. The van der Waals surface area contributed by atoms with E-state index >= 15 is 0 Å². The fourth-order valence-corrected chi connectivity index (χ4v) is 3.00. The van der Waals surface area contributed by atoms with Crippen molar-refractivity contribution in [1.82, 2.24) is 0 Å². The summed E-state index contributed by atoms with van der Waals surface area (Å²) in [6.45, 7) is 1.88. The Labute approximate surface area is 116 Å². The smallest absolute Gasteiger partial charge is 0.170 e. The largest absolute Gasteiger partial charge is 0.399 e. The second-order valence-electron chi connectivity index (χ2n) is 5.50. The van der Waals surface area contributed by atoms with Crippen LogP contribution >= 0.6 is 0 Å². The molecule has 0 amide bonds. The van der Waals surface area contributed by atoms with Gasteiger partial charge in [0, 0.05) is 5.92 Å². The second-order valence-corrected chi connectivity index (χ2v) is 5.50. The minimum atomic E-state index is -4.22. The van der Waals surface area contributed by atoms with Gasteiger partial charge >= 0.3 is 6.18 Å². The molecule has 0 heterocycles. The summed E-state index contributed by atoms with van der Waals surface area (Å²) in [5.41, 5.74) is 0.417. The maximum absolute atomic E-state index is 13.6. The van der Waals surface area contributed by atoms with E-state index in [2.05, 4.69) is 0 Å². The van der Waals surface area contributed by atoms with Gasteiger partial charge in [0.1, 0.15) is 0 Å². The predicted molar refractivity (Wildman–Crippen MR) is 72.7 cm³/mol. The van der Waals surface area contributed by atoms with Gasteiger partial charge in [-0.2, -0.15) is 13.2 Å². The van der Waals surface area contributed by atoms with E-state index in [1.807, 2.05) is 13.0 Å². The molecule has 3 rings (SSSR count). The zero-order valence-corrected chi connectivity index (χ0v) is 11.1. The van der Waals surface area contributed by atoms with Crippen LogP contribution in [0.1, 0.15) is 29.0 Å². The standard InChI is InChI=1S/C17H15F3/c1-12-7-9-14(10-8-12)16(17(18,19)20)11-15(16)13-5-3-2-4-6-13/h2-10,15H,11H2,1H3/t15-,16-/m0/s1. The molecule has 2 aromatic carbocycles.